The Balaban J connectivity index is 2.52. The van der Waals surface area contributed by atoms with Gasteiger partial charge in [-0.3, -0.25) is 5.10 Å². The van der Waals surface area contributed by atoms with Crippen LogP contribution >= 0.6 is 0 Å². The topological polar surface area (TPSA) is 67.6 Å². The van der Waals surface area contributed by atoms with Gasteiger partial charge < -0.3 is 5.73 Å². The van der Waals surface area contributed by atoms with Gasteiger partial charge in [-0.05, 0) is 11.5 Å². The lowest BCUT2D eigenvalue weighted by Crippen LogP contribution is -1.93. The first kappa shape index (κ1) is 9.71. The highest BCUT2D eigenvalue weighted by Gasteiger charge is 2.10. The van der Waals surface area contributed by atoms with Crippen molar-refractivity contribution in [1.82, 2.24) is 15.2 Å². The Kier molecular flexibility index (Phi) is 2.41. The molecule has 0 fully saturated rings. The molecule has 1 aromatic heterocycles. The van der Waals surface area contributed by atoms with Gasteiger partial charge >= 0.3 is 0 Å². The van der Waals surface area contributed by atoms with Gasteiger partial charge in [-0.15, -0.1) is 5.10 Å². The zero-order chi connectivity index (χ0) is 10.8. The van der Waals surface area contributed by atoms with E-state index in [1.54, 1.807) is 0 Å². The van der Waals surface area contributed by atoms with E-state index < -0.39 is 0 Å². The predicted octanol–water partition coefficient (Wildman–Crippen LogP) is 2.18. The molecule has 0 bridgehead atoms. The zero-order valence-electron chi connectivity index (χ0n) is 8.86. The van der Waals surface area contributed by atoms with Crippen molar-refractivity contribution >= 4 is 5.95 Å². The minimum Gasteiger partial charge on any atom is -0.366 e. The summed E-state index contributed by atoms with van der Waals surface area (Å²) in [6.07, 6.45) is 0. The van der Waals surface area contributed by atoms with Gasteiger partial charge in [-0.25, -0.2) is 0 Å². The van der Waals surface area contributed by atoms with E-state index in [1.165, 1.54) is 5.56 Å². The lowest BCUT2D eigenvalue weighted by molar-refractivity contribution is 0.866. The number of aromatic nitrogens is 3. The van der Waals surface area contributed by atoms with Crippen LogP contribution in [0.2, 0.25) is 0 Å². The van der Waals surface area contributed by atoms with Crippen LogP contribution in [0, 0.1) is 0 Å². The lowest BCUT2D eigenvalue weighted by Gasteiger charge is -2.09. The van der Waals surface area contributed by atoms with Gasteiger partial charge in [-0.2, -0.15) is 4.98 Å². The van der Waals surface area contributed by atoms with E-state index in [4.69, 9.17) is 5.73 Å². The molecule has 0 radical (unpaired) electrons. The molecule has 1 heterocycles. The third-order valence-electron chi connectivity index (χ3n) is 2.34. The molecule has 4 nitrogen and oxygen atoms in total. The number of anilines is 1. The van der Waals surface area contributed by atoms with Gasteiger partial charge in [0.15, 0.2) is 5.82 Å². The zero-order valence-corrected chi connectivity index (χ0v) is 8.86. The van der Waals surface area contributed by atoms with Crippen LogP contribution in [0.1, 0.15) is 25.3 Å². The fourth-order valence-electron chi connectivity index (χ4n) is 1.61. The average molecular weight is 202 g/mol. The van der Waals surface area contributed by atoms with E-state index in [2.05, 4.69) is 35.1 Å². The summed E-state index contributed by atoms with van der Waals surface area (Å²) in [5.41, 5.74) is 7.80. The second-order valence-corrected chi connectivity index (χ2v) is 3.78. The van der Waals surface area contributed by atoms with E-state index in [1.807, 2.05) is 18.2 Å². The highest BCUT2D eigenvalue weighted by Crippen LogP contribution is 2.26. The first-order valence-corrected chi connectivity index (χ1v) is 4.95. The highest BCUT2D eigenvalue weighted by atomic mass is 15.3. The number of nitrogens with two attached hydrogens (primary N) is 1. The number of nitrogens with zero attached hydrogens (tertiary/aromatic N) is 2. The summed E-state index contributed by atoms with van der Waals surface area (Å²) in [4.78, 5) is 4.14. The molecule has 4 heteroatoms. The van der Waals surface area contributed by atoms with Crippen LogP contribution in [0.25, 0.3) is 11.4 Å². The van der Waals surface area contributed by atoms with Gasteiger partial charge in [0.25, 0.3) is 0 Å². The van der Waals surface area contributed by atoms with Crippen molar-refractivity contribution in [2.45, 2.75) is 19.8 Å². The van der Waals surface area contributed by atoms with E-state index in [-0.39, 0.29) is 5.95 Å². The summed E-state index contributed by atoms with van der Waals surface area (Å²) in [6.45, 7) is 4.30. The fourth-order valence-corrected chi connectivity index (χ4v) is 1.61. The molecule has 0 aliphatic carbocycles. The Hall–Kier alpha value is -1.84. The number of hydrogen-bond acceptors (Lipinski definition) is 3. The van der Waals surface area contributed by atoms with Crippen molar-refractivity contribution in [3.8, 4) is 11.4 Å². The number of H-pyrrole nitrogens is 1. The minimum atomic E-state index is 0.281. The summed E-state index contributed by atoms with van der Waals surface area (Å²) in [5.74, 6) is 1.47. The van der Waals surface area contributed by atoms with Crippen LogP contribution in [0.4, 0.5) is 5.95 Å². The van der Waals surface area contributed by atoms with Crippen molar-refractivity contribution < 1.29 is 0 Å². The summed E-state index contributed by atoms with van der Waals surface area (Å²) < 4.78 is 0. The second-order valence-electron chi connectivity index (χ2n) is 3.78. The summed E-state index contributed by atoms with van der Waals surface area (Å²) in [6, 6.07) is 8.13. The van der Waals surface area contributed by atoms with Crippen molar-refractivity contribution in [3.05, 3.63) is 29.8 Å². The molecular formula is C11H14N4. The molecule has 0 unspecified atom stereocenters. The molecule has 78 valence electrons. The standard InChI is InChI=1S/C11H14N4/c1-7(2)8-5-3-4-6-9(8)10-13-11(12)15-14-10/h3-7H,1-2H3,(H3,12,13,14,15). The molecule has 15 heavy (non-hydrogen) atoms. The first-order valence-electron chi connectivity index (χ1n) is 4.95. The van der Waals surface area contributed by atoms with E-state index in [9.17, 15) is 0 Å². The van der Waals surface area contributed by atoms with Gasteiger partial charge in [0.2, 0.25) is 5.95 Å². The van der Waals surface area contributed by atoms with Crippen LogP contribution < -0.4 is 5.73 Å². The number of aromatic amines is 1. The molecule has 0 saturated heterocycles. The highest BCUT2D eigenvalue weighted by molar-refractivity contribution is 5.61. The van der Waals surface area contributed by atoms with E-state index in [0.29, 0.717) is 5.92 Å². The summed E-state index contributed by atoms with van der Waals surface area (Å²) in [5, 5.41) is 6.67. The first-order chi connectivity index (χ1) is 7.18. The van der Waals surface area contributed by atoms with Crippen molar-refractivity contribution in [1.29, 1.82) is 0 Å². The Morgan fingerprint density at radius 1 is 1.27 bits per heavy atom. The molecule has 2 aromatic rings. The molecule has 0 aliphatic heterocycles. The lowest BCUT2D eigenvalue weighted by atomic mass is 9.97. The van der Waals surface area contributed by atoms with Gasteiger partial charge in [0, 0.05) is 5.56 Å². The third kappa shape index (κ3) is 1.83. The van der Waals surface area contributed by atoms with Gasteiger partial charge in [-0.1, -0.05) is 38.1 Å². The summed E-state index contributed by atoms with van der Waals surface area (Å²) in [7, 11) is 0. The Morgan fingerprint density at radius 2 is 2.00 bits per heavy atom. The molecule has 0 atom stereocenters. The molecule has 2 rings (SSSR count). The minimum absolute atomic E-state index is 0.281. The smallest absolute Gasteiger partial charge is 0.239 e. The van der Waals surface area contributed by atoms with Crippen LogP contribution in [0.3, 0.4) is 0 Å². The maximum absolute atomic E-state index is 5.49. The molecule has 0 amide bonds. The largest absolute Gasteiger partial charge is 0.366 e. The quantitative estimate of drug-likeness (QED) is 0.784. The maximum Gasteiger partial charge on any atom is 0.239 e. The third-order valence-corrected chi connectivity index (χ3v) is 2.34. The van der Waals surface area contributed by atoms with Gasteiger partial charge in [0.1, 0.15) is 0 Å². The van der Waals surface area contributed by atoms with Gasteiger partial charge in [0.05, 0.1) is 0 Å². The molecule has 0 spiro atoms. The number of benzene rings is 1. The fraction of sp³-hybridized carbons (Fsp3) is 0.273. The van der Waals surface area contributed by atoms with Crippen LogP contribution in [0.5, 0.6) is 0 Å². The van der Waals surface area contributed by atoms with Crippen LogP contribution in [0.15, 0.2) is 24.3 Å². The molecule has 0 aliphatic rings. The number of nitrogens with one attached hydrogen (secondary N) is 1. The SMILES string of the molecule is CC(C)c1ccccc1-c1nc(N)n[nH]1. The Morgan fingerprint density at radius 3 is 2.60 bits per heavy atom. The van der Waals surface area contributed by atoms with Crippen molar-refractivity contribution in [3.63, 3.8) is 0 Å². The number of hydrogen-bond donors (Lipinski definition) is 2. The van der Waals surface area contributed by atoms with Crippen molar-refractivity contribution in [2.24, 2.45) is 0 Å². The van der Waals surface area contributed by atoms with E-state index >= 15 is 0 Å². The molecule has 0 saturated carbocycles. The van der Waals surface area contributed by atoms with E-state index in [0.717, 1.165) is 11.4 Å². The Bertz CT molecular complexity index is 459. The predicted molar refractivity (Wildman–Crippen MR) is 60.3 cm³/mol. The second kappa shape index (κ2) is 3.73. The molecule has 3 N–H and O–H groups in total. The Labute approximate surface area is 88.5 Å². The molecule has 1 aromatic carbocycles. The van der Waals surface area contributed by atoms with Crippen molar-refractivity contribution in [2.75, 3.05) is 5.73 Å². The molecular weight excluding hydrogens is 188 g/mol. The summed E-state index contributed by atoms with van der Waals surface area (Å²) >= 11 is 0. The maximum atomic E-state index is 5.49. The average Bonchev–Trinajstić information content (AvgIpc) is 2.65. The van der Waals surface area contributed by atoms with Crippen LogP contribution in [-0.4, -0.2) is 15.2 Å². The monoisotopic (exact) mass is 202 g/mol. The normalized spacial score (nSPS) is 10.9. The number of rotatable bonds is 2. The van der Waals surface area contributed by atoms with Crippen LogP contribution in [-0.2, 0) is 0 Å². The number of nitrogen functional groups attached to an aromatic ring is 1.